The topological polar surface area (TPSA) is 90.4 Å². The van der Waals surface area contributed by atoms with Crippen LogP contribution in [0.15, 0.2) is 0 Å². The first-order valence-corrected chi connectivity index (χ1v) is 8.62. The summed E-state index contributed by atoms with van der Waals surface area (Å²) >= 11 is 0. The van der Waals surface area contributed by atoms with Gasteiger partial charge in [0.15, 0.2) is 6.10 Å². The summed E-state index contributed by atoms with van der Waals surface area (Å²) < 4.78 is 0. The predicted molar refractivity (Wildman–Crippen MR) is 87.1 cm³/mol. The molecule has 0 aromatic carbocycles. The van der Waals surface area contributed by atoms with Crippen molar-refractivity contribution in [2.75, 3.05) is 0 Å². The molecule has 126 valence electrons. The van der Waals surface area contributed by atoms with Gasteiger partial charge in [0, 0.05) is 0 Å². The molecule has 0 fully saturated rings. The zero-order valence-electron chi connectivity index (χ0n) is 13.7. The van der Waals surface area contributed by atoms with Crippen LogP contribution in [-0.2, 0) is 9.63 Å². The van der Waals surface area contributed by atoms with Crippen molar-refractivity contribution >= 4 is 5.91 Å². The quantitative estimate of drug-likeness (QED) is 0.187. The van der Waals surface area contributed by atoms with Crippen LogP contribution in [0.1, 0.15) is 90.4 Å². The highest BCUT2D eigenvalue weighted by molar-refractivity contribution is 5.79. The van der Waals surface area contributed by atoms with Gasteiger partial charge in [0.1, 0.15) is 0 Å². The SMILES string of the molecule is CCCCCCCCCCCCCCC(ON)C(=O)NN. The van der Waals surface area contributed by atoms with Gasteiger partial charge in [-0.1, -0.05) is 84.0 Å². The number of hydrogen-bond donors (Lipinski definition) is 3. The van der Waals surface area contributed by atoms with Gasteiger partial charge in [-0.3, -0.25) is 15.1 Å². The van der Waals surface area contributed by atoms with Crippen molar-refractivity contribution in [3.05, 3.63) is 0 Å². The van der Waals surface area contributed by atoms with Crippen LogP contribution in [0.4, 0.5) is 0 Å². The van der Waals surface area contributed by atoms with E-state index in [-0.39, 0.29) is 5.91 Å². The van der Waals surface area contributed by atoms with E-state index in [1.54, 1.807) is 0 Å². The third-order valence-corrected chi connectivity index (χ3v) is 3.92. The van der Waals surface area contributed by atoms with E-state index in [0.29, 0.717) is 6.42 Å². The van der Waals surface area contributed by atoms with Gasteiger partial charge in [-0.25, -0.2) is 11.7 Å². The van der Waals surface area contributed by atoms with Gasteiger partial charge in [0.25, 0.3) is 5.91 Å². The number of carbonyl (C=O) groups excluding carboxylic acids is 1. The smallest absolute Gasteiger partial charge is 0.265 e. The monoisotopic (exact) mass is 301 g/mol. The minimum Gasteiger partial charge on any atom is -0.292 e. The van der Waals surface area contributed by atoms with Crippen molar-refractivity contribution in [3.63, 3.8) is 0 Å². The van der Waals surface area contributed by atoms with Crippen molar-refractivity contribution in [1.29, 1.82) is 0 Å². The van der Waals surface area contributed by atoms with E-state index in [1.807, 2.05) is 0 Å². The number of nitrogens with one attached hydrogen (secondary N) is 1. The summed E-state index contributed by atoms with van der Waals surface area (Å²) in [7, 11) is 0. The molecule has 0 saturated heterocycles. The Kier molecular flexibility index (Phi) is 15.2. The van der Waals surface area contributed by atoms with E-state index < -0.39 is 6.10 Å². The van der Waals surface area contributed by atoms with Crippen LogP contribution < -0.4 is 17.2 Å². The highest BCUT2D eigenvalue weighted by atomic mass is 16.6. The van der Waals surface area contributed by atoms with Crippen molar-refractivity contribution in [1.82, 2.24) is 5.43 Å². The molecule has 1 atom stereocenters. The normalized spacial score (nSPS) is 12.3. The Labute approximate surface area is 130 Å². The Balaban J connectivity index is 3.23. The Morgan fingerprint density at radius 2 is 1.33 bits per heavy atom. The van der Waals surface area contributed by atoms with Gasteiger partial charge in [-0.15, -0.1) is 0 Å². The fourth-order valence-corrected chi connectivity index (χ4v) is 2.52. The molecule has 0 saturated carbocycles. The number of hydrogen-bond acceptors (Lipinski definition) is 4. The van der Waals surface area contributed by atoms with Gasteiger partial charge < -0.3 is 0 Å². The number of amides is 1. The number of carbonyl (C=O) groups is 1. The highest BCUT2D eigenvalue weighted by Gasteiger charge is 2.16. The molecular formula is C16H35N3O2. The number of nitrogens with two attached hydrogens (primary N) is 2. The molecule has 0 bridgehead atoms. The molecule has 0 aromatic heterocycles. The fourth-order valence-electron chi connectivity index (χ4n) is 2.52. The molecular weight excluding hydrogens is 266 g/mol. The molecule has 0 aliphatic carbocycles. The second-order valence-corrected chi connectivity index (χ2v) is 5.81. The van der Waals surface area contributed by atoms with Gasteiger partial charge in [0.2, 0.25) is 0 Å². The van der Waals surface area contributed by atoms with Crippen LogP contribution in [0.2, 0.25) is 0 Å². The van der Waals surface area contributed by atoms with Crippen LogP contribution in [0, 0.1) is 0 Å². The molecule has 21 heavy (non-hydrogen) atoms. The van der Waals surface area contributed by atoms with Crippen LogP contribution in [-0.4, -0.2) is 12.0 Å². The van der Waals surface area contributed by atoms with Gasteiger partial charge in [0.05, 0.1) is 0 Å². The summed E-state index contributed by atoms with van der Waals surface area (Å²) in [5.74, 6) is 9.78. The van der Waals surface area contributed by atoms with Crippen LogP contribution in [0.25, 0.3) is 0 Å². The zero-order valence-corrected chi connectivity index (χ0v) is 13.7. The number of hydrazine groups is 1. The molecule has 0 aliphatic rings. The zero-order chi connectivity index (χ0) is 15.8. The molecule has 0 aromatic rings. The van der Waals surface area contributed by atoms with Crippen LogP contribution >= 0.6 is 0 Å². The third kappa shape index (κ3) is 12.8. The van der Waals surface area contributed by atoms with Gasteiger partial charge >= 0.3 is 0 Å². The second-order valence-electron chi connectivity index (χ2n) is 5.81. The average Bonchev–Trinajstić information content (AvgIpc) is 2.51. The molecule has 0 spiro atoms. The molecule has 0 heterocycles. The standard InChI is InChI=1S/C16H35N3O2/c1-2-3-4-5-6-7-8-9-10-11-12-13-14-15(21-18)16(20)19-17/h15H,2-14,17-18H2,1H3,(H,19,20). The van der Waals surface area contributed by atoms with E-state index in [1.165, 1.54) is 64.2 Å². The lowest BCUT2D eigenvalue weighted by atomic mass is 10.0. The minimum absolute atomic E-state index is 0.347. The molecule has 1 unspecified atom stereocenters. The van der Waals surface area contributed by atoms with E-state index >= 15 is 0 Å². The molecule has 0 radical (unpaired) electrons. The molecule has 5 N–H and O–H groups in total. The van der Waals surface area contributed by atoms with E-state index in [0.717, 1.165) is 12.8 Å². The lowest BCUT2D eigenvalue weighted by molar-refractivity contribution is -0.133. The molecule has 0 aliphatic heterocycles. The molecule has 0 rings (SSSR count). The first kappa shape index (κ1) is 20.3. The first-order chi connectivity index (χ1) is 10.3. The third-order valence-electron chi connectivity index (χ3n) is 3.92. The van der Waals surface area contributed by atoms with Crippen molar-refractivity contribution in [2.24, 2.45) is 11.7 Å². The summed E-state index contributed by atoms with van der Waals surface area (Å²) in [6, 6.07) is 0. The maximum atomic E-state index is 11.2. The summed E-state index contributed by atoms with van der Waals surface area (Å²) in [6.07, 6.45) is 15.6. The van der Waals surface area contributed by atoms with E-state index in [4.69, 9.17) is 11.7 Å². The first-order valence-electron chi connectivity index (χ1n) is 8.62. The van der Waals surface area contributed by atoms with Gasteiger partial charge in [-0.05, 0) is 6.42 Å². The van der Waals surface area contributed by atoms with Gasteiger partial charge in [-0.2, -0.15) is 0 Å². The Morgan fingerprint density at radius 1 is 0.905 bits per heavy atom. The maximum absolute atomic E-state index is 11.2. The Bertz CT molecular complexity index is 238. The summed E-state index contributed by atoms with van der Waals surface area (Å²) in [6.45, 7) is 2.25. The summed E-state index contributed by atoms with van der Waals surface area (Å²) in [4.78, 5) is 15.8. The summed E-state index contributed by atoms with van der Waals surface area (Å²) in [5, 5.41) is 0. The van der Waals surface area contributed by atoms with Crippen LogP contribution in [0.3, 0.4) is 0 Å². The second kappa shape index (κ2) is 15.7. The number of rotatable bonds is 15. The number of unbranched alkanes of at least 4 members (excludes halogenated alkanes) is 11. The maximum Gasteiger partial charge on any atom is 0.265 e. The fraction of sp³-hybridized carbons (Fsp3) is 0.938. The predicted octanol–water partition coefficient (Wildman–Crippen LogP) is 3.33. The van der Waals surface area contributed by atoms with E-state index in [9.17, 15) is 4.79 Å². The molecule has 1 amide bonds. The molecule has 5 heteroatoms. The lowest BCUT2D eigenvalue weighted by Crippen LogP contribution is -2.41. The van der Waals surface area contributed by atoms with Crippen molar-refractivity contribution in [3.8, 4) is 0 Å². The van der Waals surface area contributed by atoms with Crippen molar-refractivity contribution < 1.29 is 9.63 Å². The summed E-state index contributed by atoms with van der Waals surface area (Å²) in [5.41, 5.74) is 2.07. The Hall–Kier alpha value is -0.650. The minimum atomic E-state index is -0.613. The highest BCUT2D eigenvalue weighted by Crippen LogP contribution is 2.13. The lowest BCUT2D eigenvalue weighted by Gasteiger charge is -2.12. The average molecular weight is 301 g/mol. The Morgan fingerprint density at radius 3 is 1.71 bits per heavy atom. The van der Waals surface area contributed by atoms with Crippen LogP contribution in [0.5, 0.6) is 0 Å². The van der Waals surface area contributed by atoms with E-state index in [2.05, 4.69) is 17.2 Å². The van der Waals surface area contributed by atoms with Crippen molar-refractivity contribution in [2.45, 2.75) is 96.5 Å². The molecule has 5 nitrogen and oxygen atoms in total. The largest absolute Gasteiger partial charge is 0.292 e.